The SMILES string of the molecule is CC(CC#N)NC(=O)C1(N)C2CCOC2C1(C)C. The first kappa shape index (κ1) is 13.3. The molecule has 0 aromatic rings. The molecule has 1 saturated heterocycles. The van der Waals surface area contributed by atoms with Gasteiger partial charge in [0.15, 0.2) is 0 Å². The summed E-state index contributed by atoms with van der Waals surface area (Å²) in [5.74, 6) is -0.0521. The van der Waals surface area contributed by atoms with Gasteiger partial charge in [-0.3, -0.25) is 4.79 Å². The van der Waals surface area contributed by atoms with Crippen molar-refractivity contribution in [3.63, 3.8) is 0 Å². The van der Waals surface area contributed by atoms with Crippen LogP contribution >= 0.6 is 0 Å². The van der Waals surface area contributed by atoms with E-state index < -0.39 is 5.54 Å². The van der Waals surface area contributed by atoms with Gasteiger partial charge in [-0.25, -0.2) is 0 Å². The lowest BCUT2D eigenvalue weighted by Gasteiger charge is -2.60. The van der Waals surface area contributed by atoms with Gasteiger partial charge in [0.05, 0.1) is 18.6 Å². The zero-order valence-corrected chi connectivity index (χ0v) is 11.2. The van der Waals surface area contributed by atoms with Gasteiger partial charge in [0.2, 0.25) is 5.91 Å². The Kier molecular flexibility index (Phi) is 3.12. The minimum absolute atomic E-state index is 0.0829. The summed E-state index contributed by atoms with van der Waals surface area (Å²) in [5.41, 5.74) is 5.15. The molecule has 3 N–H and O–H groups in total. The zero-order valence-electron chi connectivity index (χ0n) is 11.2. The van der Waals surface area contributed by atoms with Gasteiger partial charge < -0.3 is 15.8 Å². The number of nitriles is 1. The van der Waals surface area contributed by atoms with Gasteiger partial charge in [0.25, 0.3) is 0 Å². The lowest BCUT2D eigenvalue weighted by atomic mass is 9.48. The van der Waals surface area contributed by atoms with Crippen LogP contribution in [-0.2, 0) is 9.53 Å². The average molecular weight is 251 g/mol. The first-order valence-corrected chi connectivity index (χ1v) is 6.44. The number of rotatable bonds is 3. The van der Waals surface area contributed by atoms with Crippen molar-refractivity contribution in [1.82, 2.24) is 5.32 Å². The Bertz CT molecular complexity index is 402. The summed E-state index contributed by atoms with van der Waals surface area (Å²) in [6.45, 7) is 6.46. The zero-order chi connectivity index (χ0) is 13.6. The summed E-state index contributed by atoms with van der Waals surface area (Å²) in [5, 5.41) is 11.5. The summed E-state index contributed by atoms with van der Waals surface area (Å²) in [4.78, 5) is 12.4. The number of carbonyl (C=O) groups excluding carboxylic acids is 1. The van der Waals surface area contributed by atoms with E-state index in [4.69, 9.17) is 15.7 Å². The van der Waals surface area contributed by atoms with E-state index in [9.17, 15) is 4.79 Å². The Labute approximate surface area is 108 Å². The first-order valence-electron chi connectivity index (χ1n) is 6.44. The summed E-state index contributed by atoms with van der Waals surface area (Å²) < 4.78 is 5.65. The van der Waals surface area contributed by atoms with Gasteiger partial charge in [0.1, 0.15) is 5.54 Å². The maximum Gasteiger partial charge on any atom is 0.241 e. The Hall–Kier alpha value is -1.12. The molecule has 4 atom stereocenters. The van der Waals surface area contributed by atoms with Gasteiger partial charge >= 0.3 is 0 Å². The van der Waals surface area contributed by atoms with E-state index in [1.54, 1.807) is 0 Å². The molecule has 1 aliphatic carbocycles. The highest BCUT2D eigenvalue weighted by Crippen LogP contribution is 2.58. The number of ether oxygens (including phenoxy) is 1. The lowest BCUT2D eigenvalue weighted by Crippen LogP contribution is -2.80. The van der Waals surface area contributed by atoms with Crippen molar-refractivity contribution in [3.05, 3.63) is 0 Å². The molecule has 2 fully saturated rings. The highest BCUT2D eigenvalue weighted by atomic mass is 16.5. The maximum absolute atomic E-state index is 12.4. The lowest BCUT2D eigenvalue weighted by molar-refractivity contribution is -0.175. The van der Waals surface area contributed by atoms with Gasteiger partial charge in [-0.05, 0) is 13.3 Å². The van der Waals surface area contributed by atoms with Crippen LogP contribution in [0.3, 0.4) is 0 Å². The van der Waals surface area contributed by atoms with E-state index in [1.165, 1.54) is 0 Å². The Morgan fingerprint density at radius 3 is 2.94 bits per heavy atom. The monoisotopic (exact) mass is 251 g/mol. The number of hydrogen-bond donors (Lipinski definition) is 2. The molecule has 100 valence electrons. The Balaban J connectivity index is 2.12. The fourth-order valence-electron chi connectivity index (χ4n) is 3.38. The number of nitrogens with two attached hydrogens (primary N) is 1. The maximum atomic E-state index is 12.4. The second-order valence-corrected chi connectivity index (χ2v) is 6.01. The van der Waals surface area contributed by atoms with Gasteiger partial charge in [0, 0.05) is 24.0 Å². The molecule has 2 rings (SSSR count). The van der Waals surface area contributed by atoms with Crippen molar-refractivity contribution >= 4 is 5.91 Å². The third-order valence-electron chi connectivity index (χ3n) is 4.60. The van der Waals surface area contributed by atoms with Crippen molar-refractivity contribution in [3.8, 4) is 6.07 Å². The van der Waals surface area contributed by atoms with E-state index in [-0.39, 0.29) is 29.4 Å². The van der Waals surface area contributed by atoms with E-state index in [2.05, 4.69) is 5.32 Å². The Morgan fingerprint density at radius 2 is 2.33 bits per heavy atom. The highest BCUT2D eigenvalue weighted by molar-refractivity contribution is 5.89. The van der Waals surface area contributed by atoms with E-state index >= 15 is 0 Å². The number of carbonyl (C=O) groups is 1. The Morgan fingerprint density at radius 1 is 1.67 bits per heavy atom. The summed E-state index contributed by atoms with van der Waals surface area (Å²) in [6, 6.07) is 1.88. The molecule has 0 aromatic carbocycles. The number of nitrogens with zero attached hydrogens (tertiary/aromatic N) is 1. The number of nitrogens with one attached hydrogen (secondary N) is 1. The van der Waals surface area contributed by atoms with E-state index in [1.807, 2.05) is 26.8 Å². The van der Waals surface area contributed by atoms with Crippen molar-refractivity contribution in [2.24, 2.45) is 17.1 Å². The highest BCUT2D eigenvalue weighted by Gasteiger charge is 2.71. The number of hydrogen-bond acceptors (Lipinski definition) is 4. The topological polar surface area (TPSA) is 88.1 Å². The van der Waals surface area contributed by atoms with Gasteiger partial charge in [-0.15, -0.1) is 0 Å². The molecule has 5 nitrogen and oxygen atoms in total. The second-order valence-electron chi connectivity index (χ2n) is 6.01. The van der Waals surface area contributed by atoms with E-state index in [0.717, 1.165) is 6.42 Å². The molecule has 2 aliphatic rings. The van der Waals surface area contributed by atoms with Crippen molar-refractivity contribution in [2.75, 3.05) is 6.61 Å². The average Bonchev–Trinajstić information content (AvgIpc) is 2.75. The molecule has 0 radical (unpaired) electrons. The molecule has 4 unspecified atom stereocenters. The molecule has 0 bridgehead atoms. The molecule has 1 amide bonds. The molecular weight excluding hydrogens is 230 g/mol. The molecule has 1 saturated carbocycles. The fraction of sp³-hybridized carbons (Fsp3) is 0.846. The molecule has 1 heterocycles. The number of fused-ring (bicyclic) bond motifs is 1. The minimum Gasteiger partial charge on any atom is -0.377 e. The fourth-order valence-corrected chi connectivity index (χ4v) is 3.38. The van der Waals surface area contributed by atoms with Gasteiger partial charge in [-0.1, -0.05) is 13.8 Å². The van der Waals surface area contributed by atoms with Crippen LogP contribution in [0.2, 0.25) is 0 Å². The third-order valence-corrected chi connectivity index (χ3v) is 4.60. The summed E-state index contributed by atoms with van der Waals surface area (Å²) >= 11 is 0. The normalized spacial score (nSPS) is 38.2. The van der Waals surface area contributed by atoms with Crippen LogP contribution in [0.5, 0.6) is 0 Å². The van der Waals surface area contributed by atoms with Crippen molar-refractivity contribution in [1.29, 1.82) is 5.26 Å². The molecule has 0 aromatic heterocycles. The quantitative estimate of drug-likeness (QED) is 0.766. The smallest absolute Gasteiger partial charge is 0.241 e. The summed E-state index contributed by atoms with van der Waals surface area (Å²) in [6.07, 6.45) is 1.22. The second kappa shape index (κ2) is 4.22. The molecular formula is C13H21N3O2. The van der Waals surface area contributed by atoms with Crippen LogP contribution in [0.1, 0.15) is 33.6 Å². The number of amides is 1. The molecule has 18 heavy (non-hydrogen) atoms. The van der Waals surface area contributed by atoms with Crippen molar-refractivity contribution < 1.29 is 9.53 Å². The summed E-state index contributed by atoms with van der Waals surface area (Å²) in [7, 11) is 0. The standard InChI is InChI=1S/C13H21N3O2/c1-8(4-6-14)16-11(17)13(15)9-5-7-18-10(9)12(13,2)3/h8-10H,4-5,7,15H2,1-3H3,(H,16,17). The van der Waals surface area contributed by atoms with Crippen molar-refractivity contribution in [2.45, 2.75) is 51.3 Å². The predicted molar refractivity (Wildman–Crippen MR) is 66.4 cm³/mol. The first-order chi connectivity index (χ1) is 8.35. The largest absolute Gasteiger partial charge is 0.377 e. The minimum atomic E-state index is -0.877. The van der Waals surface area contributed by atoms with Crippen LogP contribution in [0.4, 0.5) is 0 Å². The van der Waals surface area contributed by atoms with Crippen LogP contribution in [0.15, 0.2) is 0 Å². The molecule has 5 heteroatoms. The van der Waals surface area contributed by atoms with Crippen LogP contribution < -0.4 is 11.1 Å². The van der Waals surface area contributed by atoms with Crippen LogP contribution in [0.25, 0.3) is 0 Å². The predicted octanol–water partition coefficient (Wildman–Crippen LogP) is 0.547. The van der Waals surface area contributed by atoms with Crippen LogP contribution in [0, 0.1) is 22.7 Å². The molecule has 1 aliphatic heterocycles. The third kappa shape index (κ3) is 1.56. The van der Waals surface area contributed by atoms with E-state index in [0.29, 0.717) is 13.0 Å². The van der Waals surface area contributed by atoms with Crippen LogP contribution in [-0.4, -0.2) is 30.2 Å². The van der Waals surface area contributed by atoms with Gasteiger partial charge in [-0.2, -0.15) is 5.26 Å². The molecule has 0 spiro atoms.